The number of hydrogen-bond acceptors (Lipinski definition) is 2. The summed E-state index contributed by atoms with van der Waals surface area (Å²) < 4.78 is 0. The zero-order chi connectivity index (χ0) is 8.10. The summed E-state index contributed by atoms with van der Waals surface area (Å²) in [6.07, 6.45) is 7.53. The predicted molar refractivity (Wildman–Crippen MR) is 43.8 cm³/mol. The Morgan fingerprint density at radius 3 is 2.55 bits per heavy atom. The monoisotopic (exact) mass is 156 g/mol. The largest absolute Gasteiger partial charge is 0.346 e. The van der Waals surface area contributed by atoms with Gasteiger partial charge in [0.15, 0.2) is 0 Å². The van der Waals surface area contributed by atoms with Crippen molar-refractivity contribution >= 4 is 0 Å². The highest BCUT2D eigenvalue weighted by molar-refractivity contribution is 4.76. The molecular formula is C9H16O2. The van der Waals surface area contributed by atoms with Crippen molar-refractivity contribution in [2.75, 3.05) is 0 Å². The maximum Gasteiger partial charge on any atom is 0.125 e. The van der Waals surface area contributed by atoms with Gasteiger partial charge in [-0.1, -0.05) is 13.8 Å². The minimum atomic E-state index is 0.354. The average Bonchev–Trinajstić information content (AvgIpc) is 1.82. The first-order chi connectivity index (χ1) is 5.29. The fourth-order valence-corrected chi connectivity index (χ4v) is 0.767. The van der Waals surface area contributed by atoms with Gasteiger partial charge in [-0.25, -0.2) is 0 Å². The SMILES string of the molecule is CC(C)C=COOC1CCC1. The van der Waals surface area contributed by atoms with Crippen LogP contribution in [0, 0.1) is 5.92 Å². The van der Waals surface area contributed by atoms with Gasteiger partial charge in [0.1, 0.15) is 12.4 Å². The molecule has 0 spiro atoms. The summed E-state index contributed by atoms with van der Waals surface area (Å²) in [4.78, 5) is 9.91. The summed E-state index contributed by atoms with van der Waals surface area (Å²) in [5.41, 5.74) is 0. The van der Waals surface area contributed by atoms with E-state index >= 15 is 0 Å². The molecule has 0 aromatic rings. The Morgan fingerprint density at radius 1 is 1.36 bits per heavy atom. The molecule has 1 fully saturated rings. The first kappa shape index (κ1) is 8.60. The van der Waals surface area contributed by atoms with E-state index in [4.69, 9.17) is 9.78 Å². The molecule has 1 aliphatic rings. The highest BCUT2D eigenvalue weighted by Crippen LogP contribution is 2.21. The Kier molecular flexibility index (Phi) is 3.43. The van der Waals surface area contributed by atoms with Gasteiger partial charge in [0, 0.05) is 0 Å². The van der Waals surface area contributed by atoms with E-state index in [9.17, 15) is 0 Å². The van der Waals surface area contributed by atoms with Gasteiger partial charge in [0.2, 0.25) is 0 Å². The molecule has 1 saturated carbocycles. The molecule has 0 saturated heterocycles. The smallest absolute Gasteiger partial charge is 0.125 e. The normalized spacial score (nSPS) is 19.2. The van der Waals surface area contributed by atoms with Crippen molar-refractivity contribution in [1.82, 2.24) is 0 Å². The van der Waals surface area contributed by atoms with Crippen LogP contribution in [0.15, 0.2) is 12.3 Å². The fourth-order valence-electron chi connectivity index (χ4n) is 0.767. The first-order valence-electron chi connectivity index (χ1n) is 4.28. The molecule has 0 N–H and O–H groups in total. The molecule has 64 valence electrons. The van der Waals surface area contributed by atoms with Gasteiger partial charge in [0.25, 0.3) is 0 Å². The molecule has 1 rings (SSSR count). The molecule has 0 aliphatic heterocycles. The molecule has 0 bridgehead atoms. The molecule has 0 aromatic carbocycles. The van der Waals surface area contributed by atoms with Gasteiger partial charge < -0.3 is 4.89 Å². The number of allylic oxidation sites excluding steroid dienone is 1. The first-order valence-corrected chi connectivity index (χ1v) is 4.28. The maximum absolute atomic E-state index is 5.04. The van der Waals surface area contributed by atoms with Crippen LogP contribution in [0.3, 0.4) is 0 Å². The molecule has 2 nitrogen and oxygen atoms in total. The van der Waals surface area contributed by atoms with Gasteiger partial charge in [-0.15, -0.1) is 0 Å². The van der Waals surface area contributed by atoms with Gasteiger partial charge in [-0.3, -0.25) is 0 Å². The predicted octanol–water partition coefficient (Wildman–Crippen LogP) is 2.66. The van der Waals surface area contributed by atoms with Crippen molar-refractivity contribution in [1.29, 1.82) is 0 Å². The second-order valence-electron chi connectivity index (χ2n) is 3.32. The highest BCUT2D eigenvalue weighted by Gasteiger charge is 2.18. The van der Waals surface area contributed by atoms with Crippen LogP contribution in [0.4, 0.5) is 0 Å². The Morgan fingerprint density at radius 2 is 2.09 bits per heavy atom. The Labute approximate surface area is 68.1 Å². The minimum absolute atomic E-state index is 0.354. The Bertz CT molecular complexity index is 126. The molecule has 1 aliphatic carbocycles. The maximum atomic E-state index is 5.04. The van der Waals surface area contributed by atoms with E-state index in [1.807, 2.05) is 6.08 Å². The third kappa shape index (κ3) is 3.42. The molecule has 0 aromatic heterocycles. The molecule has 0 amide bonds. The Hall–Kier alpha value is -0.500. The summed E-state index contributed by atoms with van der Waals surface area (Å²) >= 11 is 0. The van der Waals surface area contributed by atoms with Crippen LogP contribution in [0.5, 0.6) is 0 Å². The topological polar surface area (TPSA) is 18.5 Å². The van der Waals surface area contributed by atoms with E-state index in [2.05, 4.69) is 13.8 Å². The van der Waals surface area contributed by atoms with E-state index in [1.54, 1.807) is 6.26 Å². The average molecular weight is 156 g/mol. The summed E-state index contributed by atoms with van der Waals surface area (Å²) in [6, 6.07) is 0. The van der Waals surface area contributed by atoms with Crippen LogP contribution >= 0.6 is 0 Å². The molecule has 2 heteroatoms. The lowest BCUT2D eigenvalue weighted by Crippen LogP contribution is -2.20. The van der Waals surface area contributed by atoms with E-state index in [-0.39, 0.29) is 0 Å². The zero-order valence-electron chi connectivity index (χ0n) is 7.25. The van der Waals surface area contributed by atoms with Gasteiger partial charge in [-0.2, -0.15) is 4.89 Å². The van der Waals surface area contributed by atoms with Crippen LogP contribution in [0.1, 0.15) is 33.1 Å². The lowest BCUT2D eigenvalue weighted by molar-refractivity contribution is -0.298. The van der Waals surface area contributed by atoms with E-state index in [0.717, 1.165) is 12.8 Å². The van der Waals surface area contributed by atoms with Crippen molar-refractivity contribution in [3.05, 3.63) is 12.3 Å². The van der Waals surface area contributed by atoms with E-state index < -0.39 is 0 Å². The van der Waals surface area contributed by atoms with Crippen molar-refractivity contribution in [2.45, 2.75) is 39.2 Å². The van der Waals surface area contributed by atoms with Gasteiger partial charge in [-0.05, 0) is 31.3 Å². The molecule has 0 radical (unpaired) electrons. The third-order valence-electron chi connectivity index (χ3n) is 1.76. The van der Waals surface area contributed by atoms with Crippen molar-refractivity contribution < 1.29 is 9.78 Å². The second-order valence-corrected chi connectivity index (χ2v) is 3.32. The van der Waals surface area contributed by atoms with Crippen molar-refractivity contribution in [3.63, 3.8) is 0 Å². The lowest BCUT2D eigenvalue weighted by atomic mass is 9.97. The highest BCUT2D eigenvalue weighted by atomic mass is 17.2. The standard InChI is InChI=1S/C9H16O2/c1-8(2)6-7-10-11-9-4-3-5-9/h6-9H,3-5H2,1-2H3. The van der Waals surface area contributed by atoms with E-state index in [0.29, 0.717) is 12.0 Å². The van der Waals surface area contributed by atoms with Gasteiger partial charge >= 0.3 is 0 Å². The van der Waals surface area contributed by atoms with Crippen LogP contribution in [-0.2, 0) is 9.78 Å². The summed E-state index contributed by atoms with van der Waals surface area (Å²) in [5.74, 6) is 0.528. The van der Waals surface area contributed by atoms with Crippen molar-refractivity contribution in [2.24, 2.45) is 5.92 Å². The lowest BCUT2D eigenvalue weighted by Gasteiger charge is -2.22. The molecule has 0 heterocycles. The quantitative estimate of drug-likeness (QED) is 0.354. The summed E-state index contributed by atoms with van der Waals surface area (Å²) in [5, 5.41) is 0. The summed E-state index contributed by atoms with van der Waals surface area (Å²) in [7, 11) is 0. The van der Waals surface area contributed by atoms with Crippen LogP contribution in [0.25, 0.3) is 0 Å². The van der Waals surface area contributed by atoms with Crippen LogP contribution in [0.2, 0.25) is 0 Å². The fraction of sp³-hybridized carbons (Fsp3) is 0.778. The summed E-state index contributed by atoms with van der Waals surface area (Å²) in [6.45, 7) is 4.20. The van der Waals surface area contributed by atoms with Gasteiger partial charge in [0.05, 0.1) is 0 Å². The molecule has 0 atom stereocenters. The molecule has 0 unspecified atom stereocenters. The second kappa shape index (κ2) is 4.39. The van der Waals surface area contributed by atoms with Crippen molar-refractivity contribution in [3.8, 4) is 0 Å². The molecular weight excluding hydrogens is 140 g/mol. The molecule has 11 heavy (non-hydrogen) atoms. The number of hydrogen-bond donors (Lipinski definition) is 0. The minimum Gasteiger partial charge on any atom is -0.346 e. The number of rotatable bonds is 4. The third-order valence-corrected chi connectivity index (χ3v) is 1.76. The van der Waals surface area contributed by atoms with Crippen LogP contribution < -0.4 is 0 Å². The Balaban J connectivity index is 1.94. The zero-order valence-corrected chi connectivity index (χ0v) is 7.25. The van der Waals surface area contributed by atoms with E-state index in [1.165, 1.54) is 6.42 Å². The van der Waals surface area contributed by atoms with Crippen LogP contribution in [-0.4, -0.2) is 6.10 Å².